The van der Waals surface area contributed by atoms with E-state index in [1.165, 1.54) is 19.8 Å². The van der Waals surface area contributed by atoms with Crippen molar-refractivity contribution in [2.75, 3.05) is 33.4 Å². The van der Waals surface area contributed by atoms with E-state index in [1.807, 2.05) is 12.1 Å². The summed E-state index contributed by atoms with van der Waals surface area (Å²) in [7, 11) is 1.57. The van der Waals surface area contributed by atoms with Crippen molar-refractivity contribution in [2.45, 2.75) is 19.8 Å². The van der Waals surface area contributed by atoms with E-state index in [1.54, 1.807) is 13.2 Å². The number of methoxy groups -OCH3 is 1. The highest BCUT2D eigenvalue weighted by Gasteiger charge is 2.16. The number of hydrogen-bond donors (Lipinski definition) is 0. The Kier molecular flexibility index (Phi) is 4.80. The minimum atomic E-state index is -0.0337. The number of rotatable bonds is 6. The topological polar surface area (TPSA) is 38.8 Å². The molecule has 104 valence electrons. The van der Waals surface area contributed by atoms with Crippen LogP contribution in [0.15, 0.2) is 18.2 Å². The molecule has 2 rings (SSSR count). The minimum absolute atomic E-state index is 0.0337. The van der Waals surface area contributed by atoms with Gasteiger partial charge in [-0.15, -0.1) is 0 Å². The van der Waals surface area contributed by atoms with E-state index in [-0.39, 0.29) is 5.78 Å². The number of benzene rings is 1. The van der Waals surface area contributed by atoms with Crippen LogP contribution in [0.5, 0.6) is 11.5 Å². The van der Waals surface area contributed by atoms with Gasteiger partial charge in [-0.1, -0.05) is 6.07 Å². The lowest BCUT2D eigenvalue weighted by Gasteiger charge is -2.17. The molecule has 0 saturated carbocycles. The fourth-order valence-corrected chi connectivity index (χ4v) is 2.44. The molecule has 1 aliphatic heterocycles. The molecule has 0 spiro atoms. The van der Waals surface area contributed by atoms with Gasteiger partial charge in [0.25, 0.3) is 0 Å². The average molecular weight is 263 g/mol. The van der Waals surface area contributed by atoms with Crippen LogP contribution in [-0.2, 0) is 0 Å². The van der Waals surface area contributed by atoms with Gasteiger partial charge in [0.2, 0.25) is 0 Å². The SMILES string of the molecule is COc1cccc(OCCN2CCCC2)c1C(C)=O. The molecule has 0 unspecified atom stereocenters. The highest BCUT2D eigenvalue weighted by Crippen LogP contribution is 2.28. The zero-order chi connectivity index (χ0) is 13.7. The van der Waals surface area contributed by atoms with Crippen molar-refractivity contribution < 1.29 is 14.3 Å². The molecule has 1 aromatic carbocycles. The first-order valence-corrected chi connectivity index (χ1v) is 6.75. The van der Waals surface area contributed by atoms with E-state index >= 15 is 0 Å². The smallest absolute Gasteiger partial charge is 0.167 e. The molecule has 0 radical (unpaired) electrons. The van der Waals surface area contributed by atoms with Gasteiger partial charge in [-0.25, -0.2) is 0 Å². The fraction of sp³-hybridized carbons (Fsp3) is 0.533. The normalized spacial score (nSPS) is 15.5. The number of ketones is 1. The third kappa shape index (κ3) is 3.47. The minimum Gasteiger partial charge on any atom is -0.496 e. The number of nitrogens with zero attached hydrogens (tertiary/aromatic N) is 1. The third-order valence-electron chi connectivity index (χ3n) is 3.42. The van der Waals surface area contributed by atoms with Gasteiger partial charge in [0.1, 0.15) is 23.7 Å². The molecule has 1 fully saturated rings. The van der Waals surface area contributed by atoms with E-state index in [0.29, 0.717) is 23.7 Å². The van der Waals surface area contributed by atoms with Crippen LogP contribution in [-0.4, -0.2) is 44.0 Å². The Bertz CT molecular complexity index is 439. The number of ether oxygens (including phenoxy) is 2. The summed E-state index contributed by atoms with van der Waals surface area (Å²) >= 11 is 0. The van der Waals surface area contributed by atoms with Crippen LogP contribution in [0.4, 0.5) is 0 Å². The van der Waals surface area contributed by atoms with Gasteiger partial charge in [-0.3, -0.25) is 9.69 Å². The van der Waals surface area contributed by atoms with Crippen molar-refractivity contribution in [1.29, 1.82) is 0 Å². The predicted molar refractivity (Wildman–Crippen MR) is 74.2 cm³/mol. The second-order valence-corrected chi connectivity index (χ2v) is 4.79. The molecule has 4 heteroatoms. The molecule has 0 aliphatic carbocycles. The van der Waals surface area contributed by atoms with Crippen LogP contribution in [0.2, 0.25) is 0 Å². The Morgan fingerprint density at radius 3 is 2.58 bits per heavy atom. The summed E-state index contributed by atoms with van der Waals surface area (Å²) in [5.74, 6) is 1.16. The largest absolute Gasteiger partial charge is 0.496 e. The van der Waals surface area contributed by atoms with Gasteiger partial charge < -0.3 is 9.47 Å². The van der Waals surface area contributed by atoms with E-state index in [9.17, 15) is 4.79 Å². The monoisotopic (exact) mass is 263 g/mol. The van der Waals surface area contributed by atoms with Crippen molar-refractivity contribution >= 4 is 5.78 Å². The van der Waals surface area contributed by atoms with E-state index in [2.05, 4.69) is 4.90 Å². The van der Waals surface area contributed by atoms with Crippen LogP contribution in [0.1, 0.15) is 30.1 Å². The number of likely N-dealkylation sites (tertiary alicyclic amines) is 1. The van der Waals surface area contributed by atoms with Crippen molar-refractivity contribution in [2.24, 2.45) is 0 Å². The van der Waals surface area contributed by atoms with Crippen molar-refractivity contribution in [3.05, 3.63) is 23.8 Å². The summed E-state index contributed by atoms with van der Waals surface area (Å²) in [4.78, 5) is 14.1. The molecule has 0 amide bonds. The lowest BCUT2D eigenvalue weighted by molar-refractivity contribution is 0.101. The summed E-state index contributed by atoms with van der Waals surface area (Å²) < 4.78 is 11.0. The van der Waals surface area contributed by atoms with Crippen LogP contribution in [0.25, 0.3) is 0 Å². The summed E-state index contributed by atoms with van der Waals surface area (Å²) in [6.07, 6.45) is 2.55. The quantitative estimate of drug-likeness (QED) is 0.739. The predicted octanol–water partition coefficient (Wildman–Crippen LogP) is 2.37. The third-order valence-corrected chi connectivity index (χ3v) is 3.42. The summed E-state index contributed by atoms with van der Waals surface area (Å²) in [6, 6.07) is 5.45. The highest BCUT2D eigenvalue weighted by atomic mass is 16.5. The van der Waals surface area contributed by atoms with E-state index in [0.717, 1.165) is 19.6 Å². The van der Waals surface area contributed by atoms with Crippen molar-refractivity contribution in [3.63, 3.8) is 0 Å². The molecule has 4 nitrogen and oxygen atoms in total. The Morgan fingerprint density at radius 1 is 1.26 bits per heavy atom. The standard InChI is InChI=1S/C15H21NO3/c1-12(17)15-13(18-2)6-5-7-14(15)19-11-10-16-8-3-4-9-16/h5-7H,3-4,8-11H2,1-2H3. The lowest BCUT2D eigenvalue weighted by atomic mass is 10.1. The maximum Gasteiger partial charge on any atom is 0.167 e. The van der Waals surface area contributed by atoms with E-state index in [4.69, 9.17) is 9.47 Å². The van der Waals surface area contributed by atoms with Crippen molar-refractivity contribution in [3.8, 4) is 11.5 Å². The molecule has 0 aromatic heterocycles. The first-order valence-electron chi connectivity index (χ1n) is 6.75. The molecule has 19 heavy (non-hydrogen) atoms. The summed E-state index contributed by atoms with van der Waals surface area (Å²) in [5.41, 5.74) is 0.534. The van der Waals surface area contributed by atoms with Crippen molar-refractivity contribution in [1.82, 2.24) is 4.90 Å². The first-order chi connectivity index (χ1) is 9.22. The molecular weight excluding hydrogens is 242 g/mol. The van der Waals surface area contributed by atoms with Gasteiger partial charge in [-0.2, -0.15) is 0 Å². The molecule has 1 heterocycles. The van der Waals surface area contributed by atoms with Gasteiger partial charge in [0.15, 0.2) is 5.78 Å². The Balaban J connectivity index is 2.00. The highest BCUT2D eigenvalue weighted by molar-refractivity contribution is 5.99. The van der Waals surface area contributed by atoms with Crippen LogP contribution in [0.3, 0.4) is 0 Å². The van der Waals surface area contributed by atoms with Crippen LogP contribution >= 0.6 is 0 Å². The van der Waals surface area contributed by atoms with Gasteiger partial charge >= 0.3 is 0 Å². The molecule has 1 aromatic rings. The molecule has 0 N–H and O–H groups in total. The van der Waals surface area contributed by atoms with Gasteiger partial charge in [-0.05, 0) is 45.0 Å². The Labute approximate surface area is 114 Å². The first kappa shape index (κ1) is 13.9. The van der Waals surface area contributed by atoms with E-state index < -0.39 is 0 Å². The Hall–Kier alpha value is -1.55. The molecule has 1 saturated heterocycles. The number of Topliss-reactive ketones (excluding diaryl/α,β-unsaturated/α-hetero) is 1. The second kappa shape index (κ2) is 6.57. The molecular formula is C15H21NO3. The lowest BCUT2D eigenvalue weighted by Crippen LogP contribution is -2.25. The molecule has 0 bridgehead atoms. The van der Waals surface area contributed by atoms with Crippen LogP contribution in [0, 0.1) is 0 Å². The molecule has 0 atom stereocenters. The number of hydrogen-bond acceptors (Lipinski definition) is 4. The molecule has 1 aliphatic rings. The van der Waals surface area contributed by atoms with Crippen LogP contribution < -0.4 is 9.47 Å². The maximum absolute atomic E-state index is 11.7. The zero-order valence-electron chi connectivity index (χ0n) is 11.6. The maximum atomic E-state index is 11.7. The fourth-order valence-electron chi connectivity index (χ4n) is 2.44. The average Bonchev–Trinajstić information content (AvgIpc) is 2.91. The van der Waals surface area contributed by atoms with Gasteiger partial charge in [0, 0.05) is 6.54 Å². The van der Waals surface area contributed by atoms with Gasteiger partial charge in [0.05, 0.1) is 7.11 Å². The number of carbonyl (C=O) groups excluding carboxylic acids is 1. The second-order valence-electron chi connectivity index (χ2n) is 4.79. The summed E-state index contributed by atoms with van der Waals surface area (Å²) in [6.45, 7) is 5.36. The Morgan fingerprint density at radius 2 is 1.95 bits per heavy atom. The zero-order valence-corrected chi connectivity index (χ0v) is 11.6. The number of carbonyl (C=O) groups is 1. The summed E-state index contributed by atoms with van der Waals surface area (Å²) in [5, 5.41) is 0.